The first-order valence-electron chi connectivity index (χ1n) is 9.67. The SMILES string of the molecule is O=C(CCCn1cncn1)NC1CCCN(C2CCCCCC2)C1. The number of rotatable bonds is 6. The van der Waals surface area contributed by atoms with Gasteiger partial charge in [-0.25, -0.2) is 4.98 Å². The van der Waals surface area contributed by atoms with Gasteiger partial charge in [-0.2, -0.15) is 5.10 Å². The predicted molar refractivity (Wildman–Crippen MR) is 93.5 cm³/mol. The van der Waals surface area contributed by atoms with Crippen LogP contribution in [0.1, 0.15) is 64.2 Å². The van der Waals surface area contributed by atoms with Crippen molar-refractivity contribution in [2.24, 2.45) is 0 Å². The van der Waals surface area contributed by atoms with E-state index in [1.807, 2.05) is 0 Å². The van der Waals surface area contributed by atoms with E-state index in [0.717, 1.165) is 32.0 Å². The lowest BCUT2D eigenvalue weighted by Gasteiger charge is -2.38. The van der Waals surface area contributed by atoms with Crippen LogP contribution in [-0.2, 0) is 11.3 Å². The largest absolute Gasteiger partial charge is 0.352 e. The summed E-state index contributed by atoms with van der Waals surface area (Å²) < 4.78 is 1.78. The lowest BCUT2D eigenvalue weighted by atomic mass is 9.99. The normalized spacial score (nSPS) is 23.8. The summed E-state index contributed by atoms with van der Waals surface area (Å²) in [5.41, 5.74) is 0. The van der Waals surface area contributed by atoms with Crippen molar-refractivity contribution in [3.63, 3.8) is 0 Å². The zero-order valence-electron chi connectivity index (χ0n) is 14.7. The zero-order chi connectivity index (χ0) is 16.6. The molecular formula is C18H31N5O. The fraction of sp³-hybridized carbons (Fsp3) is 0.833. The zero-order valence-corrected chi connectivity index (χ0v) is 14.7. The van der Waals surface area contributed by atoms with Gasteiger partial charge in [-0.1, -0.05) is 25.7 Å². The molecule has 0 spiro atoms. The molecule has 1 aromatic heterocycles. The molecule has 2 heterocycles. The Bertz CT molecular complexity index is 482. The van der Waals surface area contributed by atoms with Gasteiger partial charge < -0.3 is 5.32 Å². The molecule has 0 aromatic carbocycles. The van der Waals surface area contributed by atoms with Crippen molar-refractivity contribution in [1.29, 1.82) is 0 Å². The van der Waals surface area contributed by atoms with Gasteiger partial charge in [0, 0.05) is 31.6 Å². The Labute approximate surface area is 145 Å². The van der Waals surface area contributed by atoms with Gasteiger partial charge in [0.15, 0.2) is 0 Å². The molecule has 1 unspecified atom stereocenters. The van der Waals surface area contributed by atoms with Crippen LogP contribution in [0.5, 0.6) is 0 Å². The molecular weight excluding hydrogens is 302 g/mol. The lowest BCUT2D eigenvalue weighted by Crippen LogP contribution is -2.50. The minimum atomic E-state index is 0.183. The van der Waals surface area contributed by atoms with Crippen molar-refractivity contribution >= 4 is 5.91 Å². The van der Waals surface area contributed by atoms with Crippen LogP contribution in [0, 0.1) is 0 Å². The van der Waals surface area contributed by atoms with Crippen molar-refractivity contribution in [3.8, 4) is 0 Å². The van der Waals surface area contributed by atoms with E-state index in [1.165, 1.54) is 57.8 Å². The molecule has 1 N–H and O–H groups in total. The van der Waals surface area contributed by atoms with E-state index in [2.05, 4.69) is 20.3 Å². The number of carbonyl (C=O) groups excluding carboxylic acids is 1. The third kappa shape index (κ3) is 5.30. The molecule has 0 bridgehead atoms. The minimum absolute atomic E-state index is 0.183. The van der Waals surface area contributed by atoms with Crippen LogP contribution in [0.3, 0.4) is 0 Å². The number of aromatic nitrogens is 3. The molecule has 1 aliphatic carbocycles. The number of aryl methyl sites for hydroxylation is 1. The second-order valence-corrected chi connectivity index (χ2v) is 7.31. The molecule has 2 aliphatic rings. The summed E-state index contributed by atoms with van der Waals surface area (Å²) in [6, 6.07) is 1.08. The second-order valence-electron chi connectivity index (χ2n) is 7.31. The molecule has 1 saturated heterocycles. The Kier molecular flexibility index (Phi) is 6.64. The number of amides is 1. The fourth-order valence-corrected chi connectivity index (χ4v) is 4.13. The third-order valence-corrected chi connectivity index (χ3v) is 5.42. The van der Waals surface area contributed by atoms with E-state index >= 15 is 0 Å². The van der Waals surface area contributed by atoms with Crippen molar-refractivity contribution in [2.45, 2.75) is 82.8 Å². The van der Waals surface area contributed by atoms with Gasteiger partial charge in [-0.3, -0.25) is 14.4 Å². The maximum Gasteiger partial charge on any atom is 0.220 e. The van der Waals surface area contributed by atoms with Crippen molar-refractivity contribution in [3.05, 3.63) is 12.7 Å². The number of hydrogen-bond acceptors (Lipinski definition) is 4. The highest BCUT2D eigenvalue weighted by Crippen LogP contribution is 2.24. The third-order valence-electron chi connectivity index (χ3n) is 5.42. The maximum absolute atomic E-state index is 12.2. The summed E-state index contributed by atoms with van der Waals surface area (Å²) in [5.74, 6) is 0.183. The molecule has 1 aliphatic heterocycles. The fourth-order valence-electron chi connectivity index (χ4n) is 4.13. The number of likely N-dealkylation sites (tertiary alicyclic amines) is 1. The predicted octanol–water partition coefficient (Wildman–Crippen LogP) is 2.36. The molecule has 1 saturated carbocycles. The minimum Gasteiger partial charge on any atom is -0.352 e. The highest BCUT2D eigenvalue weighted by atomic mass is 16.1. The molecule has 134 valence electrons. The summed E-state index contributed by atoms with van der Waals surface area (Å²) in [6.07, 6.45) is 15.2. The van der Waals surface area contributed by atoms with Gasteiger partial charge in [0.1, 0.15) is 12.7 Å². The average Bonchev–Trinajstić information content (AvgIpc) is 2.95. The van der Waals surface area contributed by atoms with E-state index in [9.17, 15) is 4.79 Å². The van der Waals surface area contributed by atoms with Gasteiger partial charge in [0.25, 0.3) is 0 Å². The lowest BCUT2D eigenvalue weighted by molar-refractivity contribution is -0.122. The first kappa shape index (κ1) is 17.4. The van der Waals surface area contributed by atoms with Crippen molar-refractivity contribution < 1.29 is 4.79 Å². The quantitative estimate of drug-likeness (QED) is 0.812. The molecule has 0 radical (unpaired) electrons. The monoisotopic (exact) mass is 333 g/mol. The van der Waals surface area contributed by atoms with E-state index in [0.29, 0.717) is 12.5 Å². The molecule has 1 aromatic rings. The molecule has 2 fully saturated rings. The Balaban J connectivity index is 1.38. The van der Waals surface area contributed by atoms with Gasteiger partial charge in [-0.05, 0) is 38.6 Å². The summed E-state index contributed by atoms with van der Waals surface area (Å²) in [6.45, 7) is 3.01. The standard InChI is InChI=1S/C18H31N5O/c24-18(10-6-12-23-15-19-14-20-23)21-16-7-5-11-22(13-16)17-8-3-1-2-4-9-17/h14-17H,1-13H2,(H,21,24). The second kappa shape index (κ2) is 9.16. The first-order chi connectivity index (χ1) is 11.8. The number of nitrogens with one attached hydrogen (secondary N) is 1. The van der Waals surface area contributed by atoms with Gasteiger partial charge in [0.05, 0.1) is 0 Å². The van der Waals surface area contributed by atoms with Gasteiger partial charge in [0.2, 0.25) is 5.91 Å². The van der Waals surface area contributed by atoms with Gasteiger partial charge >= 0.3 is 0 Å². The first-order valence-corrected chi connectivity index (χ1v) is 9.67. The van der Waals surface area contributed by atoms with E-state index in [4.69, 9.17) is 0 Å². The average molecular weight is 333 g/mol. The van der Waals surface area contributed by atoms with Crippen LogP contribution in [0.2, 0.25) is 0 Å². The molecule has 6 heteroatoms. The van der Waals surface area contributed by atoms with E-state index in [-0.39, 0.29) is 5.91 Å². The van der Waals surface area contributed by atoms with Crippen LogP contribution in [0.4, 0.5) is 0 Å². The maximum atomic E-state index is 12.2. The van der Waals surface area contributed by atoms with Crippen LogP contribution >= 0.6 is 0 Å². The number of piperidine rings is 1. The summed E-state index contributed by atoms with van der Waals surface area (Å²) >= 11 is 0. The van der Waals surface area contributed by atoms with Gasteiger partial charge in [-0.15, -0.1) is 0 Å². The summed E-state index contributed by atoms with van der Waals surface area (Å²) in [4.78, 5) is 18.8. The van der Waals surface area contributed by atoms with Crippen LogP contribution in [0.15, 0.2) is 12.7 Å². The van der Waals surface area contributed by atoms with Crippen molar-refractivity contribution in [1.82, 2.24) is 25.0 Å². The molecule has 3 rings (SSSR count). The van der Waals surface area contributed by atoms with Crippen LogP contribution < -0.4 is 5.32 Å². The smallest absolute Gasteiger partial charge is 0.220 e. The van der Waals surface area contributed by atoms with E-state index < -0.39 is 0 Å². The topological polar surface area (TPSA) is 63.1 Å². The molecule has 24 heavy (non-hydrogen) atoms. The molecule has 6 nitrogen and oxygen atoms in total. The Morgan fingerprint density at radius 1 is 1.12 bits per heavy atom. The number of hydrogen-bond donors (Lipinski definition) is 1. The van der Waals surface area contributed by atoms with Crippen LogP contribution in [-0.4, -0.2) is 50.7 Å². The number of carbonyl (C=O) groups is 1. The van der Waals surface area contributed by atoms with E-state index in [1.54, 1.807) is 11.0 Å². The molecule has 1 atom stereocenters. The van der Waals surface area contributed by atoms with Crippen molar-refractivity contribution in [2.75, 3.05) is 13.1 Å². The Morgan fingerprint density at radius 3 is 2.71 bits per heavy atom. The highest BCUT2D eigenvalue weighted by molar-refractivity contribution is 5.76. The summed E-state index contributed by atoms with van der Waals surface area (Å²) in [7, 11) is 0. The Hall–Kier alpha value is -1.43. The Morgan fingerprint density at radius 2 is 1.96 bits per heavy atom. The number of nitrogens with zero attached hydrogens (tertiary/aromatic N) is 4. The van der Waals surface area contributed by atoms with Crippen LogP contribution in [0.25, 0.3) is 0 Å². The summed E-state index contributed by atoms with van der Waals surface area (Å²) in [5, 5.41) is 7.32. The highest BCUT2D eigenvalue weighted by Gasteiger charge is 2.27. The molecule has 1 amide bonds.